The summed E-state index contributed by atoms with van der Waals surface area (Å²) in [5.74, 6) is -2.56. The van der Waals surface area contributed by atoms with Crippen LogP contribution in [0.5, 0.6) is 0 Å². The van der Waals surface area contributed by atoms with Crippen LogP contribution < -0.4 is 0 Å². The Morgan fingerprint density at radius 2 is 0.733 bits per heavy atom. The van der Waals surface area contributed by atoms with Crippen LogP contribution in [0.3, 0.4) is 0 Å². The van der Waals surface area contributed by atoms with Crippen LogP contribution in [-0.2, 0) is 14.3 Å². The lowest BCUT2D eigenvalue weighted by Gasteiger charge is -2.27. The number of aliphatic hydroxyl groups excluding tert-OH is 2. The van der Waals surface area contributed by atoms with Gasteiger partial charge in [0.2, 0.25) is 0 Å². The molecule has 0 aliphatic heterocycles. The average molecular weight is 639 g/mol. The van der Waals surface area contributed by atoms with Crippen LogP contribution in [-0.4, -0.2) is 56.8 Å². The molecule has 4 N–H and O–H groups in total. The maximum Gasteiger partial charge on any atom is 0.348 e. The minimum Gasteiger partial charge on any atom is -0.393 e. The van der Waals surface area contributed by atoms with E-state index in [9.17, 15) is 30.0 Å². The van der Waals surface area contributed by atoms with Crippen LogP contribution in [0.1, 0.15) is 181 Å². The molecule has 7 nitrogen and oxygen atoms in total. The molecule has 0 amide bonds. The predicted octanol–water partition coefficient (Wildman–Crippen LogP) is 8.80. The van der Waals surface area contributed by atoms with Crippen LogP contribution >= 0.6 is 0 Å². The number of allylic oxidation sites excluding steroid dienone is 4. The first-order valence-corrected chi connectivity index (χ1v) is 18.5. The molecule has 0 heterocycles. The van der Waals surface area contributed by atoms with Crippen LogP contribution in [0.25, 0.3) is 0 Å². The van der Waals surface area contributed by atoms with E-state index in [0.29, 0.717) is 12.8 Å². The van der Waals surface area contributed by atoms with Crippen LogP contribution in [0.2, 0.25) is 0 Å². The molecule has 0 rings (SSSR count). The first kappa shape index (κ1) is 43.5. The summed E-state index contributed by atoms with van der Waals surface area (Å²) in [5, 5.41) is 40.7. The quantitative estimate of drug-likeness (QED) is 0.0251. The lowest BCUT2D eigenvalue weighted by molar-refractivity contribution is -0.190. The fourth-order valence-corrected chi connectivity index (χ4v) is 5.39. The third-order valence-corrected chi connectivity index (χ3v) is 8.67. The summed E-state index contributed by atoms with van der Waals surface area (Å²) in [5.41, 5.74) is -4.42. The minimum absolute atomic E-state index is 0.0390. The number of hydrogen-bond donors (Lipinski definition) is 4. The molecule has 7 heteroatoms. The van der Waals surface area contributed by atoms with E-state index in [1.807, 2.05) is 0 Å². The fraction of sp³-hybridized carbons (Fsp3) is 0.842. The topological polar surface area (TPSA) is 124 Å². The van der Waals surface area contributed by atoms with Gasteiger partial charge in [0, 0.05) is 0 Å². The van der Waals surface area contributed by atoms with Crippen molar-refractivity contribution in [2.24, 2.45) is 0 Å². The Hall–Kier alpha value is -1.54. The van der Waals surface area contributed by atoms with E-state index in [0.717, 1.165) is 77.0 Å². The van der Waals surface area contributed by atoms with E-state index in [-0.39, 0.29) is 12.8 Å². The summed E-state index contributed by atoms with van der Waals surface area (Å²) < 4.78 is 4.79. The number of carbonyl (C=O) groups is 2. The highest BCUT2D eigenvalue weighted by molar-refractivity contribution is 5.94. The zero-order valence-electron chi connectivity index (χ0n) is 29.1. The maximum absolute atomic E-state index is 12.6. The van der Waals surface area contributed by atoms with Crippen molar-refractivity contribution in [1.82, 2.24) is 0 Å². The predicted molar refractivity (Wildman–Crippen MR) is 185 cm³/mol. The van der Waals surface area contributed by atoms with Gasteiger partial charge in [0.25, 0.3) is 0 Å². The molecule has 0 spiro atoms. The molecule has 0 radical (unpaired) electrons. The van der Waals surface area contributed by atoms with Crippen molar-refractivity contribution in [2.45, 2.75) is 192 Å². The molecule has 0 aromatic rings. The fourth-order valence-electron chi connectivity index (χ4n) is 5.39. The number of carbonyl (C=O) groups excluding carboxylic acids is 2. The first-order chi connectivity index (χ1) is 21.8. The van der Waals surface area contributed by atoms with Gasteiger partial charge in [-0.25, -0.2) is 9.59 Å². The maximum atomic E-state index is 12.6. The summed E-state index contributed by atoms with van der Waals surface area (Å²) in [6.07, 6.45) is 35.0. The lowest BCUT2D eigenvalue weighted by atomic mass is 9.95. The van der Waals surface area contributed by atoms with Gasteiger partial charge in [0.15, 0.2) is 11.2 Å². The number of aliphatic hydroxyl groups is 4. The smallest absolute Gasteiger partial charge is 0.348 e. The Morgan fingerprint density at radius 1 is 0.467 bits per heavy atom. The second-order valence-corrected chi connectivity index (χ2v) is 13.0. The molecule has 0 bridgehead atoms. The summed E-state index contributed by atoms with van der Waals surface area (Å²) in [7, 11) is 0. The SMILES string of the molecule is CCCCCC/C=C\CCCCCCCCC(O)(CO)C(=O)OC(=O)C(O)(CO)CCCCCCCC/C=C\CCCCCC. The number of ether oxygens (including phenoxy) is 1. The summed E-state index contributed by atoms with van der Waals surface area (Å²) in [6, 6.07) is 0. The van der Waals surface area contributed by atoms with Crippen molar-refractivity contribution >= 4 is 11.9 Å². The molecule has 0 aromatic heterocycles. The second kappa shape index (κ2) is 29.8. The van der Waals surface area contributed by atoms with Gasteiger partial charge in [0.05, 0.1) is 13.2 Å². The molecule has 0 aliphatic rings. The molecular weight excluding hydrogens is 568 g/mol. The third kappa shape index (κ3) is 23.4. The van der Waals surface area contributed by atoms with E-state index < -0.39 is 36.4 Å². The summed E-state index contributed by atoms with van der Waals surface area (Å²) in [4.78, 5) is 25.2. The minimum atomic E-state index is -2.21. The first-order valence-electron chi connectivity index (χ1n) is 18.5. The normalized spacial score (nSPS) is 14.6. The van der Waals surface area contributed by atoms with Crippen LogP contribution in [0.15, 0.2) is 24.3 Å². The second-order valence-electron chi connectivity index (χ2n) is 13.0. The van der Waals surface area contributed by atoms with Crippen molar-refractivity contribution in [3.63, 3.8) is 0 Å². The van der Waals surface area contributed by atoms with Crippen molar-refractivity contribution in [3.05, 3.63) is 24.3 Å². The number of unbranched alkanes of at least 4 members (excludes halogenated alkanes) is 20. The standard InChI is InChI=1S/C38H70O7/c1-3-5-7-9-11-13-15-17-19-21-23-25-27-29-31-37(43,33-39)35(41)45-36(42)38(44,34-40)32-30-28-26-24-22-20-18-16-14-12-10-8-6-4-2/h13-16,39-40,43-44H,3-12,17-34H2,1-2H3/b15-13-,16-14-. The highest BCUT2D eigenvalue weighted by Crippen LogP contribution is 2.22. The van der Waals surface area contributed by atoms with Gasteiger partial charge < -0.3 is 25.2 Å². The molecule has 45 heavy (non-hydrogen) atoms. The van der Waals surface area contributed by atoms with Gasteiger partial charge in [0.1, 0.15) is 0 Å². The van der Waals surface area contributed by atoms with E-state index in [1.165, 1.54) is 64.2 Å². The van der Waals surface area contributed by atoms with Crippen molar-refractivity contribution < 1.29 is 34.8 Å². The Morgan fingerprint density at radius 3 is 1.02 bits per heavy atom. The molecule has 0 aliphatic carbocycles. The zero-order valence-corrected chi connectivity index (χ0v) is 29.1. The van der Waals surface area contributed by atoms with Gasteiger partial charge in [-0.3, -0.25) is 0 Å². The highest BCUT2D eigenvalue weighted by Gasteiger charge is 2.43. The molecule has 264 valence electrons. The van der Waals surface area contributed by atoms with Gasteiger partial charge >= 0.3 is 11.9 Å². The van der Waals surface area contributed by atoms with Gasteiger partial charge in [-0.05, 0) is 77.0 Å². The van der Waals surface area contributed by atoms with Crippen LogP contribution in [0.4, 0.5) is 0 Å². The number of hydrogen-bond acceptors (Lipinski definition) is 7. The molecule has 0 saturated heterocycles. The van der Waals surface area contributed by atoms with Crippen molar-refractivity contribution in [2.75, 3.05) is 13.2 Å². The average Bonchev–Trinajstić information content (AvgIpc) is 3.04. The molecule has 0 aromatic carbocycles. The molecule has 2 unspecified atom stereocenters. The van der Waals surface area contributed by atoms with E-state index in [2.05, 4.69) is 38.2 Å². The van der Waals surface area contributed by atoms with Crippen LogP contribution in [0, 0.1) is 0 Å². The Kier molecular flexibility index (Phi) is 28.8. The Labute approximate surface area is 275 Å². The lowest BCUT2D eigenvalue weighted by Crippen LogP contribution is -2.50. The number of esters is 2. The van der Waals surface area contributed by atoms with E-state index in [4.69, 9.17) is 4.74 Å². The van der Waals surface area contributed by atoms with Crippen molar-refractivity contribution in [1.29, 1.82) is 0 Å². The molecule has 2 atom stereocenters. The van der Waals surface area contributed by atoms with Gasteiger partial charge in [-0.2, -0.15) is 0 Å². The molecule has 0 fully saturated rings. The Bertz CT molecular complexity index is 703. The van der Waals surface area contributed by atoms with Gasteiger partial charge in [-0.1, -0.05) is 128 Å². The molecular formula is C38H70O7. The Balaban J connectivity index is 4.14. The van der Waals surface area contributed by atoms with E-state index in [1.54, 1.807) is 0 Å². The third-order valence-electron chi connectivity index (χ3n) is 8.67. The van der Waals surface area contributed by atoms with Gasteiger partial charge in [-0.15, -0.1) is 0 Å². The molecule has 0 saturated carbocycles. The summed E-state index contributed by atoms with van der Waals surface area (Å²) in [6.45, 7) is 2.69. The monoisotopic (exact) mass is 639 g/mol. The zero-order chi connectivity index (χ0) is 33.5. The largest absolute Gasteiger partial charge is 0.393 e. The van der Waals surface area contributed by atoms with E-state index >= 15 is 0 Å². The van der Waals surface area contributed by atoms with Crippen molar-refractivity contribution in [3.8, 4) is 0 Å². The number of rotatable bonds is 32. The summed E-state index contributed by atoms with van der Waals surface area (Å²) >= 11 is 0. The highest BCUT2D eigenvalue weighted by atomic mass is 16.6.